The molecular weight excluding hydrogens is 116 g/mol. The molecule has 0 aromatic heterocycles. The minimum absolute atomic E-state index is 0.0128. The van der Waals surface area contributed by atoms with E-state index < -0.39 is 0 Å². The minimum Gasteiger partial charge on any atom is -0.273 e. The molecule has 1 rings (SSSR count). The van der Waals surface area contributed by atoms with Crippen molar-refractivity contribution in [2.45, 2.75) is 13.2 Å². The molecular formula is C5H10N4. The van der Waals surface area contributed by atoms with Crippen LogP contribution in [0.25, 0.3) is 0 Å². The molecule has 4 heteroatoms. The van der Waals surface area contributed by atoms with Crippen LogP contribution in [0.15, 0.2) is 10.1 Å². The number of aliphatic imine (C=N–C) groups is 1. The first kappa shape index (κ1) is 6.22. The number of hydrazone groups is 1. The van der Waals surface area contributed by atoms with Crippen molar-refractivity contribution in [2.75, 3.05) is 6.54 Å². The first-order valence-electron chi connectivity index (χ1n) is 2.91. The Morgan fingerprint density at radius 1 is 2.00 bits per heavy atom. The third-order valence-electron chi connectivity index (χ3n) is 0.983. The fraction of sp³-hybridized carbons (Fsp3) is 0.600. The Balaban J connectivity index is 2.20. The summed E-state index contributed by atoms with van der Waals surface area (Å²) in [4.78, 5) is 4.01. The third-order valence-corrected chi connectivity index (χ3v) is 0.983. The highest BCUT2D eigenvalue weighted by Crippen LogP contribution is 1.83. The quantitative estimate of drug-likeness (QED) is 0.388. The molecule has 1 heterocycles. The van der Waals surface area contributed by atoms with Gasteiger partial charge in [0.2, 0.25) is 0 Å². The van der Waals surface area contributed by atoms with E-state index in [9.17, 15) is 0 Å². The lowest BCUT2D eigenvalue weighted by atomic mass is 10.8. The molecule has 0 saturated heterocycles. The minimum atomic E-state index is -0.0128. The molecule has 1 aliphatic rings. The fourth-order valence-corrected chi connectivity index (χ4v) is 0.599. The molecule has 0 aromatic carbocycles. The smallest absolute Gasteiger partial charge is 0.188 e. The second-order valence-electron chi connectivity index (χ2n) is 1.66. The second kappa shape index (κ2) is 3.19. The average Bonchev–Trinajstić information content (AvgIpc) is 2.34. The van der Waals surface area contributed by atoms with Gasteiger partial charge in [-0.05, 0) is 6.92 Å². The second-order valence-corrected chi connectivity index (χ2v) is 1.66. The maximum Gasteiger partial charge on any atom is 0.188 e. The van der Waals surface area contributed by atoms with E-state index in [-0.39, 0.29) is 6.29 Å². The summed E-state index contributed by atoms with van der Waals surface area (Å²) in [7, 11) is 0. The third kappa shape index (κ3) is 1.81. The van der Waals surface area contributed by atoms with Gasteiger partial charge >= 0.3 is 0 Å². The fourth-order valence-electron chi connectivity index (χ4n) is 0.599. The molecule has 1 unspecified atom stereocenters. The Labute approximate surface area is 54.1 Å². The Bertz CT molecular complexity index is 129. The lowest BCUT2D eigenvalue weighted by Crippen LogP contribution is -2.33. The summed E-state index contributed by atoms with van der Waals surface area (Å²) < 4.78 is 0. The molecule has 0 radical (unpaired) electrons. The van der Waals surface area contributed by atoms with Gasteiger partial charge in [-0.2, -0.15) is 5.10 Å². The first-order chi connectivity index (χ1) is 4.43. The predicted molar refractivity (Wildman–Crippen MR) is 37.6 cm³/mol. The molecule has 9 heavy (non-hydrogen) atoms. The number of nitrogens with one attached hydrogen (secondary N) is 2. The van der Waals surface area contributed by atoms with Crippen LogP contribution in [-0.4, -0.2) is 25.3 Å². The van der Waals surface area contributed by atoms with Gasteiger partial charge in [-0.1, -0.05) is 0 Å². The summed E-state index contributed by atoms with van der Waals surface area (Å²) in [5, 5.41) is 6.85. The normalized spacial score (nSPS) is 25.7. The van der Waals surface area contributed by atoms with E-state index in [0.29, 0.717) is 0 Å². The Hall–Kier alpha value is -0.900. The van der Waals surface area contributed by atoms with Crippen LogP contribution in [0.3, 0.4) is 0 Å². The average molecular weight is 126 g/mol. The van der Waals surface area contributed by atoms with Crippen molar-refractivity contribution in [3.05, 3.63) is 0 Å². The van der Waals surface area contributed by atoms with Crippen molar-refractivity contribution in [3.8, 4) is 0 Å². The van der Waals surface area contributed by atoms with E-state index in [1.54, 1.807) is 6.21 Å². The van der Waals surface area contributed by atoms with E-state index in [1.807, 2.05) is 13.1 Å². The number of hydrogen-bond acceptors (Lipinski definition) is 4. The molecule has 0 saturated carbocycles. The largest absolute Gasteiger partial charge is 0.273 e. The van der Waals surface area contributed by atoms with Crippen molar-refractivity contribution >= 4 is 12.4 Å². The first-order valence-corrected chi connectivity index (χ1v) is 2.91. The van der Waals surface area contributed by atoms with Crippen molar-refractivity contribution < 1.29 is 0 Å². The molecule has 1 aliphatic heterocycles. The van der Waals surface area contributed by atoms with E-state index in [2.05, 4.69) is 20.8 Å². The zero-order valence-electron chi connectivity index (χ0n) is 5.33. The highest BCUT2D eigenvalue weighted by Gasteiger charge is 2.04. The molecule has 2 N–H and O–H groups in total. The lowest BCUT2D eigenvalue weighted by molar-refractivity contribution is 0.502. The molecule has 0 bridgehead atoms. The van der Waals surface area contributed by atoms with Crippen LogP contribution in [0.4, 0.5) is 0 Å². The van der Waals surface area contributed by atoms with Gasteiger partial charge in [0.25, 0.3) is 0 Å². The van der Waals surface area contributed by atoms with Crippen molar-refractivity contribution in [3.63, 3.8) is 0 Å². The summed E-state index contributed by atoms with van der Waals surface area (Å²) in [6.45, 7) is 2.68. The SMILES string of the molecule is C/C=N/NC1N=CCN1. The highest BCUT2D eigenvalue weighted by molar-refractivity contribution is 5.61. The van der Waals surface area contributed by atoms with Crippen LogP contribution >= 0.6 is 0 Å². The summed E-state index contributed by atoms with van der Waals surface area (Å²) in [6, 6.07) is 0. The molecule has 0 spiro atoms. The Morgan fingerprint density at radius 3 is 3.44 bits per heavy atom. The van der Waals surface area contributed by atoms with Crippen LogP contribution in [0.2, 0.25) is 0 Å². The van der Waals surface area contributed by atoms with Crippen LogP contribution in [0, 0.1) is 0 Å². The zero-order chi connectivity index (χ0) is 6.53. The van der Waals surface area contributed by atoms with Crippen LogP contribution < -0.4 is 10.7 Å². The molecule has 1 atom stereocenters. The van der Waals surface area contributed by atoms with Gasteiger partial charge in [0.1, 0.15) is 0 Å². The van der Waals surface area contributed by atoms with Crippen molar-refractivity contribution in [2.24, 2.45) is 10.1 Å². The van der Waals surface area contributed by atoms with Gasteiger partial charge in [-0.3, -0.25) is 15.7 Å². The van der Waals surface area contributed by atoms with Gasteiger partial charge in [-0.15, -0.1) is 0 Å². The molecule has 0 amide bonds. The monoisotopic (exact) mass is 126 g/mol. The summed E-state index contributed by atoms with van der Waals surface area (Å²) in [5.74, 6) is 0. The summed E-state index contributed by atoms with van der Waals surface area (Å²) in [6.07, 6.45) is 3.50. The summed E-state index contributed by atoms with van der Waals surface area (Å²) >= 11 is 0. The van der Waals surface area contributed by atoms with Crippen LogP contribution in [-0.2, 0) is 0 Å². The lowest BCUT2D eigenvalue weighted by Gasteiger charge is -2.04. The molecule has 50 valence electrons. The van der Waals surface area contributed by atoms with Crippen molar-refractivity contribution in [1.29, 1.82) is 0 Å². The zero-order valence-corrected chi connectivity index (χ0v) is 5.33. The van der Waals surface area contributed by atoms with Gasteiger partial charge in [0, 0.05) is 19.0 Å². The number of hydrogen-bond donors (Lipinski definition) is 2. The maximum atomic E-state index is 4.01. The Kier molecular flexibility index (Phi) is 2.21. The molecule has 4 nitrogen and oxygen atoms in total. The van der Waals surface area contributed by atoms with Crippen LogP contribution in [0.1, 0.15) is 6.92 Å². The number of rotatable bonds is 2. The molecule has 0 aliphatic carbocycles. The van der Waals surface area contributed by atoms with Gasteiger partial charge < -0.3 is 0 Å². The highest BCUT2D eigenvalue weighted by atomic mass is 15.4. The van der Waals surface area contributed by atoms with Gasteiger partial charge in [0.05, 0.1) is 0 Å². The van der Waals surface area contributed by atoms with E-state index in [1.165, 1.54) is 0 Å². The van der Waals surface area contributed by atoms with E-state index >= 15 is 0 Å². The van der Waals surface area contributed by atoms with Gasteiger partial charge in [0.15, 0.2) is 6.29 Å². The standard InChI is InChI=1S/C5H10N4/c1-2-8-9-5-6-3-4-7-5/h2-3,5,7,9H,4H2,1H3/b8-2+. The topological polar surface area (TPSA) is 48.8 Å². The predicted octanol–water partition coefficient (Wildman–Crippen LogP) is -0.461. The number of nitrogens with zero attached hydrogens (tertiary/aromatic N) is 2. The van der Waals surface area contributed by atoms with Crippen LogP contribution in [0.5, 0.6) is 0 Å². The van der Waals surface area contributed by atoms with Gasteiger partial charge in [-0.25, -0.2) is 0 Å². The van der Waals surface area contributed by atoms with Crippen molar-refractivity contribution in [1.82, 2.24) is 10.7 Å². The maximum absolute atomic E-state index is 4.01. The molecule has 0 aromatic rings. The molecule has 0 fully saturated rings. The van der Waals surface area contributed by atoms with E-state index in [0.717, 1.165) is 6.54 Å². The Morgan fingerprint density at radius 2 is 2.89 bits per heavy atom. The summed E-state index contributed by atoms with van der Waals surface area (Å²) in [5.41, 5.74) is 2.79. The van der Waals surface area contributed by atoms with E-state index in [4.69, 9.17) is 0 Å².